The standard InChI is InChI=1S/C22H25ClN4O4/c1-13(27-20(29)22(25-21(27)30)8-2-3-9-22)19(28)26-10-6-14(7-11-26)18-24-16-12-15(23)4-5-17(16)31-18/h4-5,12-14H,2-3,6-11H2,1H3,(H,25,30). The third kappa shape index (κ3) is 3.37. The lowest BCUT2D eigenvalue weighted by molar-refractivity contribution is -0.143. The predicted molar refractivity (Wildman–Crippen MR) is 114 cm³/mol. The van der Waals surface area contributed by atoms with Crippen LogP contribution in [-0.2, 0) is 9.59 Å². The second-order valence-electron chi connectivity index (χ2n) is 8.83. The fourth-order valence-electron chi connectivity index (χ4n) is 5.12. The maximum atomic E-state index is 13.1. The molecule has 2 saturated heterocycles. The monoisotopic (exact) mass is 444 g/mol. The lowest BCUT2D eigenvalue weighted by Crippen LogP contribution is -2.52. The number of nitrogens with zero attached hydrogens (tertiary/aromatic N) is 3. The van der Waals surface area contributed by atoms with Crippen LogP contribution in [0.15, 0.2) is 22.6 Å². The number of aromatic nitrogens is 1. The molecule has 9 heteroatoms. The number of halogens is 1. The molecular formula is C22H25ClN4O4. The highest BCUT2D eigenvalue weighted by Gasteiger charge is 2.54. The van der Waals surface area contributed by atoms with Gasteiger partial charge in [0.1, 0.15) is 17.1 Å². The van der Waals surface area contributed by atoms with E-state index < -0.39 is 17.6 Å². The van der Waals surface area contributed by atoms with Gasteiger partial charge in [0.05, 0.1) is 0 Å². The van der Waals surface area contributed by atoms with Gasteiger partial charge in [0.15, 0.2) is 11.5 Å². The van der Waals surface area contributed by atoms with Crippen LogP contribution in [0, 0.1) is 0 Å². The van der Waals surface area contributed by atoms with E-state index in [0.717, 1.165) is 23.3 Å². The van der Waals surface area contributed by atoms with Crippen molar-refractivity contribution in [3.8, 4) is 0 Å². The van der Waals surface area contributed by atoms with E-state index in [1.165, 1.54) is 0 Å². The van der Waals surface area contributed by atoms with E-state index in [2.05, 4.69) is 10.3 Å². The van der Waals surface area contributed by atoms with Gasteiger partial charge in [0.25, 0.3) is 5.91 Å². The minimum absolute atomic E-state index is 0.115. The molecule has 8 nitrogen and oxygen atoms in total. The number of nitrogens with one attached hydrogen (secondary N) is 1. The number of hydrogen-bond donors (Lipinski definition) is 1. The first-order chi connectivity index (χ1) is 14.9. The van der Waals surface area contributed by atoms with E-state index in [4.69, 9.17) is 16.0 Å². The number of urea groups is 1. The second-order valence-corrected chi connectivity index (χ2v) is 9.27. The maximum Gasteiger partial charge on any atom is 0.325 e. The first-order valence-corrected chi connectivity index (χ1v) is 11.3. The lowest BCUT2D eigenvalue weighted by Gasteiger charge is -2.34. The van der Waals surface area contributed by atoms with Gasteiger partial charge in [-0.1, -0.05) is 24.4 Å². The number of benzene rings is 1. The molecule has 3 aliphatic rings. The number of imide groups is 1. The Morgan fingerprint density at radius 2 is 1.97 bits per heavy atom. The second kappa shape index (κ2) is 7.51. The number of amides is 4. The van der Waals surface area contributed by atoms with Gasteiger partial charge in [-0.2, -0.15) is 0 Å². The van der Waals surface area contributed by atoms with Gasteiger partial charge in [-0.3, -0.25) is 9.59 Å². The van der Waals surface area contributed by atoms with E-state index in [-0.39, 0.29) is 17.7 Å². The van der Waals surface area contributed by atoms with E-state index in [9.17, 15) is 14.4 Å². The Morgan fingerprint density at radius 1 is 1.26 bits per heavy atom. The Kier molecular flexibility index (Phi) is 4.92. The van der Waals surface area contributed by atoms with Crippen molar-refractivity contribution in [2.45, 2.75) is 62.9 Å². The Morgan fingerprint density at radius 3 is 2.68 bits per heavy atom. The molecule has 1 spiro atoms. The Balaban J connectivity index is 1.24. The van der Waals surface area contributed by atoms with Gasteiger partial charge in [-0.05, 0) is 50.8 Å². The summed E-state index contributed by atoms with van der Waals surface area (Å²) < 4.78 is 5.89. The molecule has 1 aromatic heterocycles. The molecular weight excluding hydrogens is 420 g/mol. The molecule has 0 radical (unpaired) electrons. The summed E-state index contributed by atoms with van der Waals surface area (Å²) in [4.78, 5) is 46.0. The zero-order valence-electron chi connectivity index (χ0n) is 17.4. The van der Waals surface area contributed by atoms with Crippen molar-refractivity contribution in [3.05, 3.63) is 29.1 Å². The van der Waals surface area contributed by atoms with Crippen molar-refractivity contribution < 1.29 is 18.8 Å². The number of hydrogen-bond acceptors (Lipinski definition) is 5. The van der Waals surface area contributed by atoms with Gasteiger partial charge < -0.3 is 14.6 Å². The lowest BCUT2D eigenvalue weighted by atomic mass is 9.96. The van der Waals surface area contributed by atoms with Crippen molar-refractivity contribution in [2.24, 2.45) is 0 Å². The highest BCUT2D eigenvalue weighted by molar-refractivity contribution is 6.31. The van der Waals surface area contributed by atoms with Gasteiger partial charge >= 0.3 is 6.03 Å². The molecule has 4 amide bonds. The smallest absolute Gasteiger partial charge is 0.325 e. The minimum atomic E-state index is -0.810. The first-order valence-electron chi connectivity index (χ1n) is 10.9. The molecule has 1 atom stereocenters. The average molecular weight is 445 g/mol. The summed E-state index contributed by atoms with van der Waals surface area (Å²) in [5.41, 5.74) is 0.633. The summed E-state index contributed by atoms with van der Waals surface area (Å²) in [6.45, 7) is 2.70. The summed E-state index contributed by atoms with van der Waals surface area (Å²) in [6.07, 6.45) is 4.55. The largest absolute Gasteiger partial charge is 0.440 e. The number of piperidine rings is 1. The molecule has 2 aromatic rings. The number of carbonyl (C=O) groups excluding carboxylic acids is 3. The van der Waals surface area contributed by atoms with Crippen LogP contribution >= 0.6 is 11.6 Å². The van der Waals surface area contributed by atoms with Gasteiger partial charge in [-0.15, -0.1) is 0 Å². The number of carbonyl (C=O) groups is 3. The molecule has 1 unspecified atom stereocenters. The summed E-state index contributed by atoms with van der Waals surface area (Å²) in [6, 6.07) is 4.10. The molecule has 5 rings (SSSR count). The molecule has 1 N–H and O–H groups in total. The molecule has 31 heavy (non-hydrogen) atoms. The quantitative estimate of drug-likeness (QED) is 0.731. The molecule has 164 valence electrons. The summed E-state index contributed by atoms with van der Waals surface area (Å²) in [5, 5.41) is 3.46. The zero-order valence-corrected chi connectivity index (χ0v) is 18.2. The predicted octanol–water partition coefficient (Wildman–Crippen LogP) is 3.44. The summed E-state index contributed by atoms with van der Waals surface area (Å²) >= 11 is 6.03. The Hall–Kier alpha value is -2.61. The molecule has 2 aliphatic heterocycles. The highest BCUT2D eigenvalue weighted by atomic mass is 35.5. The van der Waals surface area contributed by atoms with Crippen LogP contribution in [0.25, 0.3) is 11.1 Å². The van der Waals surface area contributed by atoms with E-state index >= 15 is 0 Å². The normalized spacial score (nSPS) is 22.5. The molecule has 0 bridgehead atoms. The fourth-order valence-corrected chi connectivity index (χ4v) is 5.29. The maximum absolute atomic E-state index is 13.1. The molecule has 3 heterocycles. The third-order valence-corrected chi connectivity index (χ3v) is 7.15. The van der Waals surface area contributed by atoms with Crippen molar-refractivity contribution in [1.82, 2.24) is 20.1 Å². The van der Waals surface area contributed by atoms with Crippen molar-refractivity contribution in [2.75, 3.05) is 13.1 Å². The van der Waals surface area contributed by atoms with Crippen LogP contribution in [0.1, 0.15) is 57.3 Å². The van der Waals surface area contributed by atoms with Crippen molar-refractivity contribution >= 4 is 40.5 Å². The molecule has 1 saturated carbocycles. The highest BCUT2D eigenvalue weighted by Crippen LogP contribution is 2.36. The summed E-state index contributed by atoms with van der Waals surface area (Å²) in [5.74, 6) is 0.330. The van der Waals surface area contributed by atoms with Gasteiger partial charge in [0.2, 0.25) is 5.91 Å². The van der Waals surface area contributed by atoms with Crippen molar-refractivity contribution in [3.63, 3.8) is 0 Å². The summed E-state index contributed by atoms with van der Waals surface area (Å²) in [7, 11) is 0. The van der Waals surface area contributed by atoms with Gasteiger partial charge in [0, 0.05) is 24.0 Å². The average Bonchev–Trinajstić information content (AvgIpc) is 3.46. The van der Waals surface area contributed by atoms with Gasteiger partial charge in [-0.25, -0.2) is 14.7 Å². The fraction of sp³-hybridized carbons (Fsp3) is 0.545. The Bertz CT molecular complexity index is 1050. The topological polar surface area (TPSA) is 95.8 Å². The number of likely N-dealkylation sites (tertiary alicyclic amines) is 1. The van der Waals surface area contributed by atoms with Crippen molar-refractivity contribution in [1.29, 1.82) is 0 Å². The number of oxazole rings is 1. The first kappa shape index (κ1) is 20.3. The molecule has 1 aromatic carbocycles. The number of rotatable bonds is 3. The molecule has 1 aliphatic carbocycles. The van der Waals surface area contributed by atoms with Crippen LogP contribution in [0.4, 0.5) is 4.79 Å². The van der Waals surface area contributed by atoms with E-state index in [1.54, 1.807) is 24.0 Å². The van der Waals surface area contributed by atoms with Crippen LogP contribution in [0.2, 0.25) is 5.02 Å². The SMILES string of the molecule is CC(C(=O)N1CCC(c2nc3cc(Cl)ccc3o2)CC1)N1C(=O)NC2(CCCC2)C1=O. The van der Waals surface area contributed by atoms with Crippen LogP contribution in [0.3, 0.4) is 0 Å². The number of fused-ring (bicyclic) bond motifs is 1. The Labute approximate surface area is 184 Å². The van der Waals surface area contributed by atoms with Crippen LogP contribution < -0.4 is 5.32 Å². The zero-order chi connectivity index (χ0) is 21.8. The van der Waals surface area contributed by atoms with Crippen LogP contribution in [0.5, 0.6) is 0 Å². The molecule has 3 fully saturated rings. The van der Waals surface area contributed by atoms with Crippen LogP contribution in [-0.4, -0.2) is 57.3 Å². The third-order valence-electron chi connectivity index (χ3n) is 6.92. The minimum Gasteiger partial charge on any atom is -0.440 e. The van der Waals surface area contributed by atoms with E-state index in [0.29, 0.717) is 55.3 Å². The van der Waals surface area contributed by atoms with E-state index in [1.807, 2.05) is 6.07 Å².